The van der Waals surface area contributed by atoms with E-state index in [9.17, 15) is 19.6 Å². The van der Waals surface area contributed by atoms with Gasteiger partial charge in [0.05, 0.1) is 34.0 Å². The molecule has 2 aromatic rings. The molecule has 22 heavy (non-hydrogen) atoms. The molecule has 0 aliphatic heterocycles. The maximum atomic E-state index is 12.6. The molecule has 2 N–H and O–H groups in total. The van der Waals surface area contributed by atoms with Crippen molar-refractivity contribution in [3.05, 3.63) is 63.7 Å². The first kappa shape index (κ1) is 14.0. The first-order valence-electron chi connectivity index (χ1n) is 6.22. The average Bonchev–Trinajstić information content (AvgIpc) is 2.52. The number of nitrogens with two attached hydrogens (primary N) is 1. The van der Waals surface area contributed by atoms with Crippen LogP contribution in [0.3, 0.4) is 0 Å². The fourth-order valence-electron chi connectivity index (χ4n) is 2.57. The van der Waals surface area contributed by atoms with Crippen LogP contribution < -0.4 is 5.73 Å². The number of benzene rings is 2. The lowest BCUT2D eigenvalue weighted by Gasteiger charge is -2.20. The maximum Gasteiger partial charge on any atom is 0.254 e. The molecule has 1 aliphatic rings. The summed E-state index contributed by atoms with van der Waals surface area (Å²) in [4.78, 5) is 36.6. The topological polar surface area (TPSA) is 101 Å². The summed E-state index contributed by atoms with van der Waals surface area (Å²) < 4.78 is 0. The van der Waals surface area contributed by atoms with Crippen LogP contribution in [0.1, 0.15) is 47.8 Å². The molecule has 0 aromatic heterocycles. The lowest BCUT2D eigenvalue weighted by molar-refractivity contribution is 0.0979. The first-order chi connectivity index (χ1) is 10.5. The lowest BCUT2D eigenvalue weighted by Crippen LogP contribution is -2.24. The van der Waals surface area contributed by atoms with Gasteiger partial charge in [0, 0.05) is 11.1 Å². The van der Waals surface area contributed by atoms with E-state index in [1.807, 2.05) is 6.07 Å². The zero-order chi connectivity index (χ0) is 16.0. The molecule has 0 atom stereocenters. The molecule has 2 aromatic carbocycles. The number of rotatable bonds is 1. The van der Waals surface area contributed by atoms with Crippen LogP contribution in [0.5, 0.6) is 0 Å². The molecule has 0 spiro atoms. The molecule has 0 saturated heterocycles. The standard InChI is InChI=1S/C16H7ClN2O3/c17-16(22)10-5-7(6-18)11-12(13(10)19)15(21)9-4-2-1-3-8(9)14(11)20/h1-5H,19H2. The minimum Gasteiger partial charge on any atom is -0.397 e. The molecule has 0 bridgehead atoms. The Hall–Kier alpha value is -2.97. The van der Waals surface area contributed by atoms with E-state index < -0.39 is 16.8 Å². The Labute approximate surface area is 129 Å². The van der Waals surface area contributed by atoms with Crippen LogP contribution in [0.15, 0.2) is 30.3 Å². The third-order valence-corrected chi connectivity index (χ3v) is 3.77. The maximum absolute atomic E-state index is 12.6. The number of carbonyl (C=O) groups is 3. The summed E-state index contributed by atoms with van der Waals surface area (Å²) in [5, 5.41) is 8.34. The smallest absolute Gasteiger partial charge is 0.254 e. The Kier molecular flexibility index (Phi) is 3.05. The molecule has 5 nitrogen and oxygen atoms in total. The van der Waals surface area contributed by atoms with Crippen molar-refractivity contribution >= 4 is 34.1 Å². The van der Waals surface area contributed by atoms with Gasteiger partial charge < -0.3 is 5.73 Å². The van der Waals surface area contributed by atoms with Gasteiger partial charge in [0.25, 0.3) is 5.24 Å². The fourth-order valence-corrected chi connectivity index (χ4v) is 2.73. The van der Waals surface area contributed by atoms with Crippen LogP contribution in [0.25, 0.3) is 0 Å². The highest BCUT2D eigenvalue weighted by Gasteiger charge is 2.35. The number of hydrogen-bond acceptors (Lipinski definition) is 5. The van der Waals surface area contributed by atoms with Gasteiger partial charge in [0.1, 0.15) is 0 Å². The highest BCUT2D eigenvalue weighted by molar-refractivity contribution is 6.68. The number of nitriles is 1. The Balaban J connectivity index is 2.45. The summed E-state index contributed by atoms with van der Waals surface area (Å²) >= 11 is 5.44. The third kappa shape index (κ3) is 1.75. The van der Waals surface area contributed by atoms with E-state index in [1.165, 1.54) is 12.1 Å². The monoisotopic (exact) mass is 310 g/mol. The van der Waals surface area contributed by atoms with E-state index in [1.54, 1.807) is 12.1 Å². The SMILES string of the molecule is N#Cc1cc(C(=O)Cl)c(N)c2c1C(=O)c1ccccc1C2=O. The Bertz CT molecular complexity index is 926. The molecular formula is C16H7ClN2O3. The van der Waals surface area contributed by atoms with Gasteiger partial charge in [0.15, 0.2) is 11.6 Å². The lowest BCUT2D eigenvalue weighted by atomic mass is 9.80. The Morgan fingerprint density at radius 1 is 1.09 bits per heavy atom. The molecule has 0 radical (unpaired) electrons. The molecule has 0 saturated carbocycles. The molecular weight excluding hydrogens is 304 g/mol. The van der Waals surface area contributed by atoms with Gasteiger partial charge in [0.2, 0.25) is 0 Å². The van der Waals surface area contributed by atoms with Gasteiger partial charge in [-0.05, 0) is 17.7 Å². The zero-order valence-electron chi connectivity index (χ0n) is 11.0. The van der Waals surface area contributed by atoms with Crippen molar-refractivity contribution in [3.8, 4) is 6.07 Å². The number of carbonyl (C=O) groups excluding carboxylic acids is 3. The van der Waals surface area contributed by atoms with Crippen LogP contribution in [0, 0.1) is 11.3 Å². The predicted molar refractivity (Wildman–Crippen MR) is 79.1 cm³/mol. The van der Waals surface area contributed by atoms with Crippen molar-refractivity contribution in [2.24, 2.45) is 0 Å². The van der Waals surface area contributed by atoms with Crippen LogP contribution in [-0.2, 0) is 0 Å². The first-order valence-corrected chi connectivity index (χ1v) is 6.60. The van der Waals surface area contributed by atoms with Gasteiger partial charge in [-0.3, -0.25) is 14.4 Å². The minimum absolute atomic E-state index is 0.0784. The van der Waals surface area contributed by atoms with E-state index in [0.29, 0.717) is 0 Å². The molecule has 0 amide bonds. The van der Waals surface area contributed by atoms with Gasteiger partial charge >= 0.3 is 0 Å². The van der Waals surface area contributed by atoms with Gasteiger partial charge in [-0.2, -0.15) is 5.26 Å². The summed E-state index contributed by atoms with van der Waals surface area (Å²) in [5.74, 6) is -0.971. The van der Waals surface area contributed by atoms with Crippen molar-refractivity contribution < 1.29 is 14.4 Å². The van der Waals surface area contributed by atoms with Crippen LogP contribution >= 0.6 is 11.6 Å². The molecule has 6 heteroatoms. The van der Waals surface area contributed by atoms with Crippen molar-refractivity contribution in [1.29, 1.82) is 5.26 Å². The van der Waals surface area contributed by atoms with Crippen LogP contribution in [0.4, 0.5) is 5.69 Å². The fraction of sp³-hybridized carbons (Fsp3) is 0. The normalized spacial score (nSPS) is 12.4. The van der Waals surface area contributed by atoms with E-state index in [2.05, 4.69) is 0 Å². The molecule has 0 fully saturated rings. The molecule has 106 valence electrons. The number of halogens is 1. The highest BCUT2D eigenvalue weighted by atomic mass is 35.5. The van der Waals surface area contributed by atoms with E-state index in [-0.39, 0.29) is 39.1 Å². The summed E-state index contributed by atoms with van der Waals surface area (Å²) in [6, 6.07) is 9.22. The number of ketones is 2. The Morgan fingerprint density at radius 2 is 1.64 bits per heavy atom. The molecule has 1 aliphatic carbocycles. The largest absolute Gasteiger partial charge is 0.397 e. The van der Waals surface area contributed by atoms with Gasteiger partial charge in [-0.1, -0.05) is 24.3 Å². The van der Waals surface area contributed by atoms with Crippen LogP contribution in [-0.4, -0.2) is 16.8 Å². The second-order valence-electron chi connectivity index (χ2n) is 4.72. The quantitative estimate of drug-likeness (QED) is 0.549. The van der Waals surface area contributed by atoms with Gasteiger partial charge in [-0.15, -0.1) is 0 Å². The van der Waals surface area contributed by atoms with Crippen molar-refractivity contribution in [1.82, 2.24) is 0 Å². The summed E-state index contributed by atoms with van der Waals surface area (Å²) in [7, 11) is 0. The molecule has 0 unspecified atom stereocenters. The van der Waals surface area contributed by atoms with Gasteiger partial charge in [-0.25, -0.2) is 0 Å². The summed E-state index contributed by atoms with van der Waals surface area (Å²) in [6.45, 7) is 0. The average molecular weight is 311 g/mol. The van der Waals surface area contributed by atoms with Crippen LogP contribution in [0.2, 0.25) is 0 Å². The molecule has 3 rings (SSSR count). The number of hydrogen-bond donors (Lipinski definition) is 1. The summed E-state index contributed by atoms with van der Waals surface area (Å²) in [5.41, 5.74) is 5.61. The third-order valence-electron chi connectivity index (χ3n) is 3.57. The van der Waals surface area contributed by atoms with Crippen molar-refractivity contribution in [3.63, 3.8) is 0 Å². The number of nitrogen functional groups attached to an aromatic ring is 1. The number of fused-ring (bicyclic) bond motifs is 2. The number of nitrogens with zero attached hydrogens (tertiary/aromatic N) is 1. The highest BCUT2D eigenvalue weighted by Crippen LogP contribution is 2.35. The van der Waals surface area contributed by atoms with E-state index in [0.717, 1.165) is 6.07 Å². The second-order valence-corrected chi connectivity index (χ2v) is 5.07. The summed E-state index contributed by atoms with van der Waals surface area (Å²) in [6.07, 6.45) is 0. The van der Waals surface area contributed by atoms with E-state index in [4.69, 9.17) is 17.3 Å². The van der Waals surface area contributed by atoms with E-state index >= 15 is 0 Å². The Morgan fingerprint density at radius 3 is 2.14 bits per heavy atom. The number of anilines is 1. The minimum atomic E-state index is -0.893. The predicted octanol–water partition coefficient (Wildman–Crippen LogP) is 2.29. The van der Waals surface area contributed by atoms with Crippen molar-refractivity contribution in [2.45, 2.75) is 0 Å². The second kappa shape index (κ2) is 4.79. The molecule has 0 heterocycles. The zero-order valence-corrected chi connectivity index (χ0v) is 11.8. The van der Waals surface area contributed by atoms with Crippen molar-refractivity contribution in [2.75, 3.05) is 5.73 Å².